The fourth-order valence-electron chi connectivity index (χ4n) is 0.975. The molecule has 0 aliphatic carbocycles. The van der Waals surface area contributed by atoms with E-state index in [1.807, 2.05) is 18.4 Å². The third-order valence-electron chi connectivity index (χ3n) is 1.44. The predicted octanol–water partition coefficient (Wildman–Crippen LogP) is 1.62. The Labute approximate surface area is 76.4 Å². The van der Waals surface area contributed by atoms with Crippen molar-refractivity contribution < 1.29 is 5.21 Å². The molecule has 1 heterocycles. The highest BCUT2D eigenvalue weighted by atomic mass is 32.2. The van der Waals surface area contributed by atoms with Crippen LogP contribution in [0.5, 0.6) is 0 Å². The van der Waals surface area contributed by atoms with E-state index in [4.69, 9.17) is 5.21 Å². The minimum atomic E-state index is 0.518. The van der Waals surface area contributed by atoms with E-state index >= 15 is 0 Å². The molecule has 3 nitrogen and oxygen atoms in total. The second-order valence-electron chi connectivity index (χ2n) is 2.49. The first-order valence-corrected chi connectivity index (χ1v) is 4.84. The molecule has 0 spiro atoms. The number of nitrogens with zero attached hydrogens (tertiary/aromatic N) is 2. The molecule has 0 aliphatic heterocycles. The molecule has 1 aromatic rings. The molecule has 1 N–H and O–H groups in total. The van der Waals surface area contributed by atoms with Crippen molar-refractivity contribution in [1.29, 1.82) is 0 Å². The third kappa shape index (κ3) is 2.48. The van der Waals surface area contributed by atoms with Gasteiger partial charge in [-0.25, -0.2) is 4.98 Å². The minimum Gasteiger partial charge on any atom is -0.314 e. The second-order valence-corrected chi connectivity index (χ2v) is 3.28. The molecule has 0 bridgehead atoms. The zero-order valence-corrected chi connectivity index (χ0v) is 8.01. The van der Waals surface area contributed by atoms with Gasteiger partial charge in [0.2, 0.25) is 0 Å². The van der Waals surface area contributed by atoms with Crippen LogP contribution in [0.3, 0.4) is 0 Å². The zero-order valence-electron chi connectivity index (χ0n) is 7.19. The van der Waals surface area contributed by atoms with Gasteiger partial charge in [0.1, 0.15) is 5.03 Å². The van der Waals surface area contributed by atoms with E-state index in [0.717, 1.165) is 15.7 Å². The molecule has 4 heteroatoms. The highest BCUT2D eigenvalue weighted by molar-refractivity contribution is 7.98. The van der Waals surface area contributed by atoms with Gasteiger partial charge >= 0.3 is 0 Å². The van der Waals surface area contributed by atoms with Crippen molar-refractivity contribution >= 4 is 11.8 Å². The van der Waals surface area contributed by atoms with Crippen molar-refractivity contribution in [3.8, 4) is 0 Å². The van der Waals surface area contributed by atoms with Crippen molar-refractivity contribution in [1.82, 2.24) is 10.0 Å². The number of aromatic nitrogens is 1. The molecule has 0 aliphatic rings. The minimum absolute atomic E-state index is 0.518. The van der Waals surface area contributed by atoms with Crippen LogP contribution in [0.25, 0.3) is 0 Å². The van der Waals surface area contributed by atoms with Gasteiger partial charge in [0, 0.05) is 18.8 Å². The first-order valence-electron chi connectivity index (χ1n) is 3.62. The summed E-state index contributed by atoms with van der Waals surface area (Å²) in [6, 6.07) is 3.84. The molecular formula is C8H12N2OS. The van der Waals surface area contributed by atoms with Crippen LogP contribution in [0.15, 0.2) is 23.4 Å². The van der Waals surface area contributed by atoms with Gasteiger partial charge in [-0.1, -0.05) is 6.07 Å². The lowest BCUT2D eigenvalue weighted by atomic mass is 10.3. The first-order chi connectivity index (χ1) is 5.74. The van der Waals surface area contributed by atoms with Crippen LogP contribution in [-0.4, -0.2) is 28.6 Å². The van der Waals surface area contributed by atoms with Gasteiger partial charge in [-0.15, -0.1) is 11.8 Å². The van der Waals surface area contributed by atoms with E-state index in [-0.39, 0.29) is 0 Å². The molecule has 0 amide bonds. The smallest absolute Gasteiger partial charge is 0.100 e. The van der Waals surface area contributed by atoms with Crippen LogP contribution in [0.2, 0.25) is 0 Å². The Morgan fingerprint density at radius 1 is 1.67 bits per heavy atom. The van der Waals surface area contributed by atoms with E-state index < -0.39 is 0 Å². The Kier molecular flexibility index (Phi) is 3.52. The summed E-state index contributed by atoms with van der Waals surface area (Å²) in [5.74, 6) is 0. The number of thioether (sulfide) groups is 1. The summed E-state index contributed by atoms with van der Waals surface area (Å²) in [6.07, 6.45) is 3.73. The Balaban J connectivity index is 2.82. The van der Waals surface area contributed by atoms with Gasteiger partial charge < -0.3 is 5.21 Å². The van der Waals surface area contributed by atoms with E-state index in [0.29, 0.717) is 6.54 Å². The maximum atomic E-state index is 9.02. The Morgan fingerprint density at radius 2 is 2.42 bits per heavy atom. The van der Waals surface area contributed by atoms with Gasteiger partial charge in [0.15, 0.2) is 0 Å². The fraction of sp³-hybridized carbons (Fsp3) is 0.375. The summed E-state index contributed by atoms with van der Waals surface area (Å²) in [5, 5.41) is 11.1. The molecule has 0 aromatic carbocycles. The van der Waals surface area contributed by atoms with Crippen LogP contribution in [0.1, 0.15) is 5.56 Å². The van der Waals surface area contributed by atoms with E-state index in [2.05, 4.69) is 4.98 Å². The second kappa shape index (κ2) is 4.45. The Bertz CT molecular complexity index is 253. The predicted molar refractivity (Wildman–Crippen MR) is 49.3 cm³/mol. The summed E-state index contributed by atoms with van der Waals surface area (Å²) in [6.45, 7) is 0.518. The lowest BCUT2D eigenvalue weighted by molar-refractivity contribution is -0.0738. The largest absolute Gasteiger partial charge is 0.314 e. The van der Waals surface area contributed by atoms with E-state index in [9.17, 15) is 0 Å². The molecular weight excluding hydrogens is 172 g/mol. The number of hydrogen-bond donors (Lipinski definition) is 1. The van der Waals surface area contributed by atoms with E-state index in [1.165, 1.54) is 0 Å². The lowest BCUT2D eigenvalue weighted by Crippen LogP contribution is -2.12. The first kappa shape index (κ1) is 9.51. The van der Waals surface area contributed by atoms with Crippen LogP contribution < -0.4 is 0 Å². The van der Waals surface area contributed by atoms with Gasteiger partial charge in [-0.05, 0) is 12.3 Å². The average molecular weight is 184 g/mol. The number of rotatable bonds is 3. The number of hydrogen-bond acceptors (Lipinski definition) is 4. The SMILES string of the molecule is CSc1ncccc1CN(C)O. The van der Waals surface area contributed by atoms with Gasteiger partial charge in [-0.3, -0.25) is 0 Å². The van der Waals surface area contributed by atoms with Crippen LogP contribution in [0, 0.1) is 0 Å². The highest BCUT2D eigenvalue weighted by Gasteiger charge is 2.02. The Hall–Kier alpha value is -0.580. The topological polar surface area (TPSA) is 36.4 Å². The molecule has 0 atom stereocenters. The molecule has 1 rings (SSSR count). The summed E-state index contributed by atoms with van der Waals surface area (Å²) in [7, 11) is 1.62. The van der Waals surface area contributed by atoms with Crippen LogP contribution in [-0.2, 0) is 6.54 Å². The average Bonchev–Trinajstić information content (AvgIpc) is 2.04. The molecule has 0 radical (unpaired) electrons. The standard InChI is InChI=1S/C8H12N2OS/c1-10(11)6-7-4-3-5-9-8(7)12-2/h3-5,11H,6H2,1-2H3. The molecule has 0 saturated carbocycles. The fourth-order valence-corrected chi connectivity index (χ4v) is 1.54. The highest BCUT2D eigenvalue weighted by Crippen LogP contribution is 2.17. The monoisotopic (exact) mass is 184 g/mol. The summed E-state index contributed by atoms with van der Waals surface area (Å²) < 4.78 is 0. The molecule has 1 aromatic heterocycles. The van der Waals surface area contributed by atoms with Gasteiger partial charge in [0.25, 0.3) is 0 Å². The summed E-state index contributed by atoms with van der Waals surface area (Å²) >= 11 is 1.59. The number of hydroxylamine groups is 2. The van der Waals surface area contributed by atoms with E-state index in [1.54, 1.807) is 25.0 Å². The van der Waals surface area contributed by atoms with Crippen molar-refractivity contribution in [3.63, 3.8) is 0 Å². The molecule has 0 unspecified atom stereocenters. The van der Waals surface area contributed by atoms with Crippen LogP contribution >= 0.6 is 11.8 Å². The van der Waals surface area contributed by atoms with Gasteiger partial charge in [-0.2, -0.15) is 5.06 Å². The quantitative estimate of drug-likeness (QED) is 0.572. The van der Waals surface area contributed by atoms with Crippen molar-refractivity contribution in [2.75, 3.05) is 13.3 Å². The molecule has 66 valence electrons. The van der Waals surface area contributed by atoms with Gasteiger partial charge in [0.05, 0.1) is 6.54 Å². The maximum Gasteiger partial charge on any atom is 0.100 e. The number of pyridine rings is 1. The van der Waals surface area contributed by atoms with Crippen molar-refractivity contribution in [2.24, 2.45) is 0 Å². The summed E-state index contributed by atoms with van der Waals surface area (Å²) in [5.41, 5.74) is 1.05. The Morgan fingerprint density at radius 3 is 3.00 bits per heavy atom. The van der Waals surface area contributed by atoms with Crippen molar-refractivity contribution in [3.05, 3.63) is 23.9 Å². The normalized spacial score (nSPS) is 10.7. The zero-order chi connectivity index (χ0) is 8.97. The van der Waals surface area contributed by atoms with Crippen molar-refractivity contribution in [2.45, 2.75) is 11.6 Å². The summed E-state index contributed by atoms with van der Waals surface area (Å²) in [4.78, 5) is 4.18. The molecule has 12 heavy (non-hydrogen) atoms. The third-order valence-corrected chi connectivity index (χ3v) is 2.20. The maximum absolute atomic E-state index is 9.02. The molecule has 0 saturated heterocycles. The van der Waals surface area contributed by atoms with Crippen LogP contribution in [0.4, 0.5) is 0 Å². The molecule has 0 fully saturated rings. The lowest BCUT2D eigenvalue weighted by Gasteiger charge is -2.09.